The molecule has 43 heavy (non-hydrogen) atoms. The van der Waals surface area contributed by atoms with Crippen molar-refractivity contribution in [3.8, 4) is 34.1 Å². The van der Waals surface area contributed by atoms with E-state index in [2.05, 4.69) is 71.5 Å². The lowest BCUT2D eigenvalue weighted by molar-refractivity contribution is 0.290. The molecule has 1 N–H and O–H groups in total. The second-order valence-electron chi connectivity index (χ2n) is 11.9. The number of H-pyrrole nitrogens is 1. The normalized spacial score (nSPS) is 11.3. The van der Waals surface area contributed by atoms with Crippen LogP contribution in [0.4, 0.5) is 0 Å². The van der Waals surface area contributed by atoms with Gasteiger partial charge in [0.1, 0.15) is 11.5 Å². The Hall–Kier alpha value is -3.34. The summed E-state index contributed by atoms with van der Waals surface area (Å²) in [6.45, 7) is 5.99. The van der Waals surface area contributed by atoms with E-state index in [-0.39, 0.29) is 0 Å². The molecular formula is C38H53N3O2. The summed E-state index contributed by atoms with van der Waals surface area (Å²) in [5, 5.41) is 10.1. The minimum Gasteiger partial charge on any atom is -0.493 e. The third-order valence-corrected chi connectivity index (χ3v) is 8.19. The molecule has 0 atom stereocenters. The molecule has 2 aromatic heterocycles. The monoisotopic (exact) mass is 583 g/mol. The maximum absolute atomic E-state index is 6.25. The van der Waals surface area contributed by atoms with Crippen LogP contribution in [0.15, 0.2) is 60.8 Å². The standard InChI is InChI=1S/C38H53N3O2/c1-3-5-7-9-11-13-15-19-23-42-34-25-33(26-35(28-34)43-24-20-16-14-12-10-8-6-4-2)36-29-38(41-40-36)37-27-31-21-17-18-22-32(31)30-39-37/h17-18,21-22,25-30H,3-16,19-20,23-24H2,1-2H3,(H,40,41). The van der Waals surface area contributed by atoms with Crippen LogP contribution in [0.1, 0.15) is 117 Å². The molecule has 0 radical (unpaired) electrons. The highest BCUT2D eigenvalue weighted by Crippen LogP contribution is 2.31. The van der Waals surface area contributed by atoms with Gasteiger partial charge in [-0.25, -0.2) is 0 Å². The lowest BCUT2D eigenvalue weighted by Gasteiger charge is -2.12. The van der Waals surface area contributed by atoms with Crippen LogP contribution in [-0.4, -0.2) is 28.4 Å². The van der Waals surface area contributed by atoms with Crippen molar-refractivity contribution in [2.45, 2.75) is 117 Å². The van der Waals surface area contributed by atoms with Crippen molar-refractivity contribution in [3.05, 3.63) is 60.8 Å². The first-order valence-corrected chi connectivity index (χ1v) is 17.1. The van der Waals surface area contributed by atoms with Gasteiger partial charge < -0.3 is 9.47 Å². The summed E-state index contributed by atoms with van der Waals surface area (Å²) in [6, 6.07) is 18.7. The lowest BCUT2D eigenvalue weighted by atomic mass is 10.1. The second kappa shape index (κ2) is 19.0. The van der Waals surface area contributed by atoms with E-state index in [4.69, 9.17) is 9.47 Å². The van der Waals surface area contributed by atoms with E-state index in [9.17, 15) is 0 Å². The fraction of sp³-hybridized carbons (Fsp3) is 0.526. The van der Waals surface area contributed by atoms with Crippen LogP contribution < -0.4 is 9.47 Å². The van der Waals surface area contributed by atoms with Gasteiger partial charge in [-0.05, 0) is 42.5 Å². The molecule has 0 aliphatic heterocycles. The van der Waals surface area contributed by atoms with Gasteiger partial charge in [0, 0.05) is 23.2 Å². The van der Waals surface area contributed by atoms with E-state index in [0.717, 1.165) is 71.0 Å². The Kier molecular flexibility index (Phi) is 14.4. The summed E-state index contributed by atoms with van der Waals surface area (Å²) < 4.78 is 12.5. The highest BCUT2D eigenvalue weighted by Gasteiger charge is 2.11. The molecule has 2 aromatic carbocycles. The maximum atomic E-state index is 6.25. The highest BCUT2D eigenvalue weighted by atomic mass is 16.5. The molecule has 4 aromatic rings. The van der Waals surface area contributed by atoms with Crippen molar-refractivity contribution < 1.29 is 9.47 Å². The molecule has 0 saturated heterocycles. The summed E-state index contributed by atoms with van der Waals surface area (Å²) in [7, 11) is 0. The summed E-state index contributed by atoms with van der Waals surface area (Å²) in [5.41, 5.74) is 3.63. The predicted molar refractivity (Wildman–Crippen MR) is 181 cm³/mol. The predicted octanol–water partition coefficient (Wildman–Crippen LogP) is 11.3. The molecule has 0 fully saturated rings. The number of unbranched alkanes of at least 4 members (excludes halogenated alkanes) is 14. The zero-order valence-electron chi connectivity index (χ0n) is 26.7. The van der Waals surface area contributed by atoms with Gasteiger partial charge in [-0.3, -0.25) is 10.1 Å². The average molecular weight is 584 g/mol. The van der Waals surface area contributed by atoms with Crippen LogP contribution in [-0.2, 0) is 0 Å². The lowest BCUT2D eigenvalue weighted by Crippen LogP contribution is -2.01. The van der Waals surface area contributed by atoms with Gasteiger partial charge in [-0.1, -0.05) is 128 Å². The number of hydrogen-bond donors (Lipinski definition) is 1. The summed E-state index contributed by atoms with van der Waals surface area (Å²) >= 11 is 0. The molecule has 232 valence electrons. The van der Waals surface area contributed by atoms with Gasteiger partial charge >= 0.3 is 0 Å². The maximum Gasteiger partial charge on any atom is 0.123 e. The molecule has 0 saturated carbocycles. The number of pyridine rings is 1. The number of aromatic nitrogens is 3. The van der Waals surface area contributed by atoms with Crippen LogP contribution in [0, 0.1) is 0 Å². The first-order chi connectivity index (χ1) is 21.3. The molecule has 0 aliphatic carbocycles. The Balaban J connectivity index is 1.36. The second-order valence-corrected chi connectivity index (χ2v) is 11.9. The van der Waals surface area contributed by atoms with E-state index >= 15 is 0 Å². The number of fused-ring (bicyclic) bond motifs is 1. The number of nitrogens with zero attached hydrogens (tertiary/aromatic N) is 2. The Morgan fingerprint density at radius 1 is 0.558 bits per heavy atom. The Bertz CT molecular complexity index is 1290. The zero-order valence-corrected chi connectivity index (χ0v) is 26.7. The summed E-state index contributed by atoms with van der Waals surface area (Å²) in [4.78, 5) is 4.67. The zero-order chi connectivity index (χ0) is 30.0. The topological polar surface area (TPSA) is 60.0 Å². The van der Waals surface area contributed by atoms with Crippen LogP contribution in [0.5, 0.6) is 11.5 Å². The SMILES string of the molecule is CCCCCCCCCCOc1cc(OCCCCCCCCCC)cc(-c2cc(-c3cc4ccccc4cn3)[nH]n2)c1. The molecule has 0 amide bonds. The Morgan fingerprint density at radius 3 is 1.67 bits per heavy atom. The first kappa shape index (κ1) is 32.6. The number of aromatic amines is 1. The van der Waals surface area contributed by atoms with Crippen molar-refractivity contribution in [1.29, 1.82) is 0 Å². The Labute approximate surface area is 259 Å². The molecular weight excluding hydrogens is 530 g/mol. The molecule has 5 heteroatoms. The number of nitrogens with one attached hydrogen (secondary N) is 1. The molecule has 0 spiro atoms. The van der Waals surface area contributed by atoms with E-state index in [1.807, 2.05) is 18.3 Å². The van der Waals surface area contributed by atoms with Gasteiger partial charge in [0.2, 0.25) is 0 Å². The molecule has 0 bridgehead atoms. The molecule has 4 rings (SSSR count). The van der Waals surface area contributed by atoms with Gasteiger partial charge in [0.15, 0.2) is 0 Å². The quantitative estimate of drug-likeness (QED) is 0.0935. The van der Waals surface area contributed by atoms with Crippen molar-refractivity contribution >= 4 is 10.8 Å². The summed E-state index contributed by atoms with van der Waals surface area (Å²) in [6.07, 6.45) is 22.5. The van der Waals surface area contributed by atoms with Gasteiger partial charge in [-0.2, -0.15) is 5.10 Å². The van der Waals surface area contributed by atoms with E-state index in [0.29, 0.717) is 0 Å². The van der Waals surface area contributed by atoms with Crippen LogP contribution in [0.25, 0.3) is 33.4 Å². The van der Waals surface area contributed by atoms with Gasteiger partial charge in [0.25, 0.3) is 0 Å². The van der Waals surface area contributed by atoms with Crippen LogP contribution in [0.3, 0.4) is 0 Å². The largest absolute Gasteiger partial charge is 0.493 e. The smallest absolute Gasteiger partial charge is 0.123 e. The van der Waals surface area contributed by atoms with Gasteiger partial charge in [-0.15, -0.1) is 0 Å². The van der Waals surface area contributed by atoms with Crippen molar-refractivity contribution in [2.75, 3.05) is 13.2 Å². The molecule has 0 aliphatic rings. The number of rotatable bonds is 22. The summed E-state index contributed by atoms with van der Waals surface area (Å²) in [5.74, 6) is 1.69. The molecule has 5 nitrogen and oxygen atoms in total. The van der Waals surface area contributed by atoms with Crippen molar-refractivity contribution in [3.63, 3.8) is 0 Å². The van der Waals surface area contributed by atoms with Crippen molar-refractivity contribution in [1.82, 2.24) is 15.2 Å². The van der Waals surface area contributed by atoms with Crippen molar-refractivity contribution in [2.24, 2.45) is 0 Å². The molecule has 2 heterocycles. The fourth-order valence-corrected chi connectivity index (χ4v) is 5.57. The van der Waals surface area contributed by atoms with E-state index in [1.54, 1.807) is 0 Å². The first-order valence-electron chi connectivity index (χ1n) is 17.1. The number of ether oxygens (including phenoxy) is 2. The third-order valence-electron chi connectivity index (χ3n) is 8.19. The average Bonchev–Trinajstić information content (AvgIpc) is 3.54. The number of hydrogen-bond acceptors (Lipinski definition) is 4. The minimum absolute atomic E-state index is 0.725. The van der Waals surface area contributed by atoms with E-state index in [1.165, 1.54) is 89.9 Å². The van der Waals surface area contributed by atoms with Crippen LogP contribution in [0.2, 0.25) is 0 Å². The minimum atomic E-state index is 0.725. The highest BCUT2D eigenvalue weighted by molar-refractivity contribution is 5.85. The molecule has 0 unspecified atom stereocenters. The van der Waals surface area contributed by atoms with Crippen LogP contribution >= 0.6 is 0 Å². The fourth-order valence-electron chi connectivity index (χ4n) is 5.57. The van der Waals surface area contributed by atoms with Gasteiger partial charge in [0.05, 0.1) is 30.3 Å². The van der Waals surface area contributed by atoms with E-state index < -0.39 is 0 Å². The third kappa shape index (κ3) is 11.3. The Morgan fingerprint density at radius 2 is 1.09 bits per heavy atom. The number of benzene rings is 2.